The summed E-state index contributed by atoms with van der Waals surface area (Å²) in [5.74, 6) is 0.314. The highest BCUT2D eigenvalue weighted by Gasteiger charge is 2.34. The first-order valence-electron chi connectivity index (χ1n) is 10.8. The molecule has 2 saturated heterocycles. The number of nitrogens with one attached hydrogen (secondary N) is 1. The van der Waals surface area contributed by atoms with Crippen LogP contribution < -0.4 is 14.8 Å². The molecule has 0 unspecified atom stereocenters. The number of carbonyl (C=O) groups is 2. The molecule has 2 aromatic carbocycles. The lowest BCUT2D eigenvalue weighted by molar-refractivity contribution is -0.123. The summed E-state index contributed by atoms with van der Waals surface area (Å²) in [6.07, 6.45) is 3.72. The normalized spacial score (nSPS) is 18.9. The molecule has 2 amide bonds. The Kier molecular flexibility index (Phi) is 8.56. The van der Waals surface area contributed by atoms with Crippen molar-refractivity contribution in [2.75, 3.05) is 32.2 Å². The van der Waals surface area contributed by atoms with Crippen LogP contribution in [0.4, 0.5) is 5.69 Å². The number of amides is 2. The predicted octanol–water partition coefficient (Wildman–Crippen LogP) is 5.40. The standard InChI is InChI=1S/C24H22Cl2N2O5S2/c1-31-20-9-14(10-21-23(30)28(24(34)35-21)12-16-3-2-8-32-16)4-7-19(20)33-13-22(29)27-15-5-6-17(25)18(26)11-15/h4-7,9-11,16H,2-3,8,12-13H2,1H3,(H,27,29)/b21-10-/t16-/m1/s1. The predicted molar refractivity (Wildman–Crippen MR) is 142 cm³/mol. The molecule has 0 bridgehead atoms. The number of benzene rings is 2. The molecule has 0 aromatic heterocycles. The first-order valence-corrected chi connectivity index (χ1v) is 12.7. The highest BCUT2D eigenvalue weighted by Crippen LogP contribution is 2.35. The van der Waals surface area contributed by atoms with Gasteiger partial charge in [-0.3, -0.25) is 14.5 Å². The minimum absolute atomic E-state index is 0.0299. The van der Waals surface area contributed by atoms with E-state index in [0.29, 0.717) is 43.0 Å². The van der Waals surface area contributed by atoms with E-state index in [2.05, 4.69) is 5.32 Å². The van der Waals surface area contributed by atoms with Crippen molar-refractivity contribution in [2.45, 2.75) is 18.9 Å². The van der Waals surface area contributed by atoms with E-state index in [4.69, 9.17) is 49.6 Å². The largest absolute Gasteiger partial charge is 0.493 e. The third-order valence-corrected chi connectivity index (χ3v) is 7.45. The number of rotatable bonds is 8. The molecular weight excluding hydrogens is 531 g/mol. The van der Waals surface area contributed by atoms with Gasteiger partial charge in [0.15, 0.2) is 18.1 Å². The lowest BCUT2D eigenvalue weighted by Crippen LogP contribution is -2.35. The molecule has 0 aliphatic carbocycles. The van der Waals surface area contributed by atoms with Gasteiger partial charge >= 0.3 is 0 Å². The number of hydrogen-bond acceptors (Lipinski definition) is 7. The molecule has 1 atom stereocenters. The van der Waals surface area contributed by atoms with Gasteiger partial charge in [-0.05, 0) is 54.8 Å². The minimum atomic E-state index is -0.371. The van der Waals surface area contributed by atoms with Gasteiger partial charge in [-0.25, -0.2) is 0 Å². The van der Waals surface area contributed by atoms with E-state index in [1.807, 2.05) is 0 Å². The van der Waals surface area contributed by atoms with Crippen LogP contribution in [-0.4, -0.2) is 54.0 Å². The van der Waals surface area contributed by atoms with E-state index in [9.17, 15) is 9.59 Å². The molecule has 184 valence electrons. The van der Waals surface area contributed by atoms with Crippen molar-refractivity contribution in [3.8, 4) is 11.5 Å². The second kappa shape index (κ2) is 11.6. The summed E-state index contributed by atoms with van der Waals surface area (Å²) in [5, 5.41) is 3.43. The molecule has 2 aliphatic heterocycles. The van der Waals surface area contributed by atoms with E-state index in [-0.39, 0.29) is 24.5 Å². The van der Waals surface area contributed by atoms with Crippen LogP contribution in [0.5, 0.6) is 11.5 Å². The maximum absolute atomic E-state index is 12.9. The highest BCUT2D eigenvalue weighted by atomic mass is 35.5. The third-order valence-electron chi connectivity index (χ3n) is 5.33. The van der Waals surface area contributed by atoms with Gasteiger partial charge < -0.3 is 19.5 Å². The van der Waals surface area contributed by atoms with Crippen LogP contribution in [-0.2, 0) is 14.3 Å². The van der Waals surface area contributed by atoms with Crippen molar-refractivity contribution in [3.05, 3.63) is 56.9 Å². The smallest absolute Gasteiger partial charge is 0.266 e. The molecule has 35 heavy (non-hydrogen) atoms. The maximum Gasteiger partial charge on any atom is 0.266 e. The number of anilines is 1. The van der Waals surface area contributed by atoms with Crippen LogP contribution in [0.1, 0.15) is 18.4 Å². The summed E-state index contributed by atoms with van der Waals surface area (Å²) in [7, 11) is 1.50. The van der Waals surface area contributed by atoms with E-state index >= 15 is 0 Å². The van der Waals surface area contributed by atoms with E-state index in [1.165, 1.54) is 18.9 Å². The monoisotopic (exact) mass is 552 g/mol. The molecule has 0 radical (unpaired) electrons. The Balaban J connectivity index is 1.39. The summed E-state index contributed by atoms with van der Waals surface area (Å²) >= 11 is 18.5. The highest BCUT2D eigenvalue weighted by molar-refractivity contribution is 8.26. The van der Waals surface area contributed by atoms with Gasteiger partial charge in [-0.1, -0.05) is 53.2 Å². The molecule has 2 aromatic rings. The molecule has 2 aliphatic rings. The minimum Gasteiger partial charge on any atom is -0.493 e. The van der Waals surface area contributed by atoms with Crippen LogP contribution in [0.2, 0.25) is 10.0 Å². The fourth-order valence-electron chi connectivity index (χ4n) is 3.61. The number of carbonyl (C=O) groups excluding carboxylic acids is 2. The number of ether oxygens (including phenoxy) is 3. The van der Waals surface area contributed by atoms with Crippen molar-refractivity contribution in [1.29, 1.82) is 0 Å². The first kappa shape index (κ1) is 25.8. The molecule has 0 spiro atoms. The SMILES string of the molecule is COc1cc(/C=C2\SC(=S)N(C[C@H]3CCCO3)C2=O)ccc1OCC(=O)Nc1ccc(Cl)c(Cl)c1. The number of thiocarbonyl (C=S) groups is 1. The maximum atomic E-state index is 12.9. The van der Waals surface area contributed by atoms with Gasteiger partial charge in [0, 0.05) is 12.3 Å². The fourth-order valence-corrected chi connectivity index (χ4v) is 5.18. The number of methoxy groups -OCH3 is 1. The van der Waals surface area contributed by atoms with Gasteiger partial charge in [-0.2, -0.15) is 0 Å². The quantitative estimate of drug-likeness (QED) is 0.347. The Morgan fingerprint density at radius 2 is 2.09 bits per heavy atom. The van der Waals surface area contributed by atoms with Crippen LogP contribution in [0.15, 0.2) is 41.3 Å². The van der Waals surface area contributed by atoms with Gasteiger partial charge in [0.2, 0.25) is 0 Å². The van der Waals surface area contributed by atoms with Gasteiger partial charge in [0.25, 0.3) is 11.8 Å². The third kappa shape index (κ3) is 6.48. The summed E-state index contributed by atoms with van der Waals surface area (Å²) in [5.41, 5.74) is 1.25. The Labute approximate surface area is 222 Å². The first-order chi connectivity index (χ1) is 16.8. The Bertz CT molecular complexity index is 1180. The lowest BCUT2D eigenvalue weighted by atomic mass is 10.1. The second-order valence-electron chi connectivity index (χ2n) is 7.80. The molecule has 11 heteroatoms. The number of nitrogens with zero attached hydrogens (tertiary/aromatic N) is 1. The Hall–Kier alpha value is -2.30. The number of hydrogen-bond donors (Lipinski definition) is 1. The second-order valence-corrected chi connectivity index (χ2v) is 10.3. The molecule has 4 rings (SSSR count). The molecule has 2 heterocycles. The van der Waals surface area contributed by atoms with Crippen LogP contribution in [0.25, 0.3) is 6.08 Å². The van der Waals surface area contributed by atoms with E-state index in [1.54, 1.807) is 47.4 Å². The van der Waals surface area contributed by atoms with Crippen molar-refractivity contribution >= 4 is 75.1 Å². The van der Waals surface area contributed by atoms with Crippen molar-refractivity contribution in [1.82, 2.24) is 4.90 Å². The molecule has 7 nitrogen and oxygen atoms in total. The van der Waals surface area contributed by atoms with E-state index in [0.717, 1.165) is 25.0 Å². The number of halogens is 2. The van der Waals surface area contributed by atoms with Crippen molar-refractivity contribution < 1.29 is 23.8 Å². The van der Waals surface area contributed by atoms with Crippen molar-refractivity contribution in [2.24, 2.45) is 0 Å². The summed E-state index contributed by atoms with van der Waals surface area (Å²) in [4.78, 5) is 27.3. The molecule has 2 fully saturated rings. The zero-order chi connectivity index (χ0) is 24.9. The molecule has 0 saturated carbocycles. The number of thioether (sulfide) groups is 1. The molecular formula is C24H22Cl2N2O5S2. The van der Waals surface area contributed by atoms with Gasteiger partial charge in [-0.15, -0.1) is 0 Å². The zero-order valence-corrected chi connectivity index (χ0v) is 21.9. The van der Waals surface area contributed by atoms with E-state index < -0.39 is 0 Å². The van der Waals surface area contributed by atoms with Gasteiger partial charge in [0.1, 0.15) is 4.32 Å². The summed E-state index contributed by atoms with van der Waals surface area (Å²) in [6, 6.07) is 9.99. The summed E-state index contributed by atoms with van der Waals surface area (Å²) in [6.45, 7) is 0.959. The summed E-state index contributed by atoms with van der Waals surface area (Å²) < 4.78 is 17.2. The lowest BCUT2D eigenvalue weighted by Gasteiger charge is -2.18. The average Bonchev–Trinajstić information content (AvgIpc) is 3.44. The van der Waals surface area contributed by atoms with Gasteiger partial charge in [0.05, 0.1) is 34.7 Å². The topological polar surface area (TPSA) is 77.1 Å². The zero-order valence-electron chi connectivity index (χ0n) is 18.7. The average molecular weight is 553 g/mol. The fraction of sp³-hybridized carbons (Fsp3) is 0.292. The van der Waals surface area contributed by atoms with Crippen LogP contribution in [0.3, 0.4) is 0 Å². The van der Waals surface area contributed by atoms with Crippen molar-refractivity contribution in [3.63, 3.8) is 0 Å². The van der Waals surface area contributed by atoms with Crippen LogP contribution >= 0.6 is 47.2 Å². The van der Waals surface area contributed by atoms with Crippen LogP contribution in [0, 0.1) is 0 Å². The Morgan fingerprint density at radius 1 is 1.26 bits per heavy atom. The molecule has 1 N–H and O–H groups in total. The Morgan fingerprint density at radius 3 is 2.80 bits per heavy atom.